The van der Waals surface area contributed by atoms with Crippen molar-refractivity contribution < 1.29 is 9.90 Å². The van der Waals surface area contributed by atoms with Crippen LogP contribution in [0.5, 0.6) is 5.75 Å². The highest BCUT2D eigenvalue weighted by Gasteiger charge is 2.34. The summed E-state index contributed by atoms with van der Waals surface area (Å²) >= 11 is 0. The van der Waals surface area contributed by atoms with Crippen molar-refractivity contribution in [1.82, 2.24) is 4.90 Å². The van der Waals surface area contributed by atoms with Crippen LogP contribution in [-0.2, 0) is 0 Å². The van der Waals surface area contributed by atoms with E-state index in [4.69, 9.17) is 0 Å². The van der Waals surface area contributed by atoms with Crippen molar-refractivity contribution in [3.63, 3.8) is 0 Å². The maximum atomic E-state index is 12.5. The molecule has 104 valence electrons. The number of rotatable bonds is 1. The van der Waals surface area contributed by atoms with Gasteiger partial charge >= 0.3 is 0 Å². The minimum atomic E-state index is 0.0418. The standard InChI is InChI=1S/C16H23NO2/c1-11-13(6-5-7-14(11)18)15(19)17-9-8-12(10-17)16(2,3)4/h5-7,12,18H,8-10H2,1-4H3. The average Bonchev–Trinajstić information content (AvgIpc) is 2.81. The first kappa shape index (κ1) is 13.9. The molecule has 0 spiro atoms. The predicted octanol–water partition coefficient (Wildman–Crippen LogP) is 3.21. The van der Waals surface area contributed by atoms with Gasteiger partial charge in [0, 0.05) is 24.2 Å². The Balaban J connectivity index is 2.16. The monoisotopic (exact) mass is 261 g/mol. The van der Waals surface area contributed by atoms with Gasteiger partial charge in [0.05, 0.1) is 0 Å². The first-order valence-corrected chi connectivity index (χ1v) is 6.88. The van der Waals surface area contributed by atoms with Crippen LogP contribution in [0.15, 0.2) is 18.2 Å². The van der Waals surface area contributed by atoms with Gasteiger partial charge in [-0.05, 0) is 36.8 Å². The highest BCUT2D eigenvalue weighted by Crippen LogP contribution is 2.34. The van der Waals surface area contributed by atoms with E-state index in [2.05, 4.69) is 20.8 Å². The molecule has 1 unspecified atom stereocenters. The number of likely N-dealkylation sites (tertiary alicyclic amines) is 1. The van der Waals surface area contributed by atoms with Crippen molar-refractivity contribution >= 4 is 5.91 Å². The molecule has 1 aromatic rings. The molecule has 1 amide bonds. The summed E-state index contributed by atoms with van der Waals surface area (Å²) in [5, 5.41) is 9.70. The lowest BCUT2D eigenvalue weighted by molar-refractivity contribution is 0.0775. The number of hydrogen-bond acceptors (Lipinski definition) is 2. The molecule has 0 aromatic heterocycles. The van der Waals surface area contributed by atoms with Crippen LogP contribution in [0.2, 0.25) is 0 Å². The number of phenolic OH excluding ortho intramolecular Hbond substituents is 1. The Morgan fingerprint density at radius 2 is 2.05 bits per heavy atom. The number of hydrogen-bond donors (Lipinski definition) is 1. The normalized spacial score (nSPS) is 19.8. The molecule has 0 aliphatic carbocycles. The van der Waals surface area contributed by atoms with Crippen LogP contribution in [-0.4, -0.2) is 29.0 Å². The minimum Gasteiger partial charge on any atom is -0.508 e. The molecule has 1 atom stereocenters. The molecule has 0 radical (unpaired) electrons. The Bertz CT molecular complexity index is 488. The van der Waals surface area contributed by atoms with Crippen LogP contribution in [0.25, 0.3) is 0 Å². The van der Waals surface area contributed by atoms with Crippen LogP contribution < -0.4 is 0 Å². The molecule has 1 fully saturated rings. The number of aromatic hydroxyl groups is 1. The van der Waals surface area contributed by atoms with Crippen molar-refractivity contribution in [3.05, 3.63) is 29.3 Å². The van der Waals surface area contributed by atoms with Crippen LogP contribution >= 0.6 is 0 Å². The van der Waals surface area contributed by atoms with E-state index in [0.29, 0.717) is 17.0 Å². The Kier molecular flexibility index (Phi) is 3.57. The minimum absolute atomic E-state index is 0.0418. The molecule has 1 saturated heterocycles. The van der Waals surface area contributed by atoms with Crippen molar-refractivity contribution in [2.45, 2.75) is 34.1 Å². The summed E-state index contributed by atoms with van der Waals surface area (Å²) in [5.74, 6) is 0.784. The molecule has 0 saturated carbocycles. The summed E-state index contributed by atoms with van der Waals surface area (Å²) in [7, 11) is 0. The third kappa shape index (κ3) is 2.75. The third-order valence-electron chi connectivity index (χ3n) is 4.24. The van der Waals surface area contributed by atoms with Gasteiger partial charge in [-0.25, -0.2) is 0 Å². The van der Waals surface area contributed by atoms with Gasteiger partial charge < -0.3 is 10.0 Å². The van der Waals surface area contributed by atoms with E-state index in [-0.39, 0.29) is 17.1 Å². The molecule has 19 heavy (non-hydrogen) atoms. The van der Waals surface area contributed by atoms with Gasteiger partial charge in [0.1, 0.15) is 5.75 Å². The summed E-state index contributed by atoms with van der Waals surface area (Å²) in [6.07, 6.45) is 1.06. The Morgan fingerprint density at radius 3 is 2.63 bits per heavy atom. The fraction of sp³-hybridized carbons (Fsp3) is 0.562. The molecule has 3 nitrogen and oxygen atoms in total. The Hall–Kier alpha value is -1.51. The Morgan fingerprint density at radius 1 is 1.37 bits per heavy atom. The SMILES string of the molecule is Cc1c(O)cccc1C(=O)N1CCC(C(C)(C)C)C1. The number of carbonyl (C=O) groups excluding carboxylic acids is 1. The highest BCUT2D eigenvalue weighted by molar-refractivity contribution is 5.96. The fourth-order valence-corrected chi connectivity index (χ4v) is 2.68. The summed E-state index contributed by atoms with van der Waals surface area (Å²) in [6, 6.07) is 5.14. The second-order valence-electron chi connectivity index (χ2n) is 6.55. The largest absolute Gasteiger partial charge is 0.508 e. The van der Waals surface area contributed by atoms with E-state index in [1.54, 1.807) is 25.1 Å². The first-order chi connectivity index (χ1) is 8.80. The third-order valence-corrected chi connectivity index (χ3v) is 4.24. The van der Waals surface area contributed by atoms with Crippen LogP contribution in [0.4, 0.5) is 0 Å². The summed E-state index contributed by atoms with van der Waals surface area (Å²) < 4.78 is 0. The molecule has 1 aromatic carbocycles. The van der Waals surface area contributed by atoms with Crippen LogP contribution in [0.3, 0.4) is 0 Å². The maximum absolute atomic E-state index is 12.5. The molecular weight excluding hydrogens is 238 g/mol. The highest BCUT2D eigenvalue weighted by atomic mass is 16.3. The van der Waals surface area contributed by atoms with Crippen molar-refractivity contribution in [3.8, 4) is 5.75 Å². The molecule has 0 bridgehead atoms. The zero-order chi connectivity index (χ0) is 14.2. The van der Waals surface area contributed by atoms with E-state index in [1.165, 1.54) is 0 Å². The van der Waals surface area contributed by atoms with Gasteiger partial charge in [-0.2, -0.15) is 0 Å². The van der Waals surface area contributed by atoms with E-state index in [9.17, 15) is 9.90 Å². The van der Waals surface area contributed by atoms with Crippen LogP contribution in [0, 0.1) is 18.3 Å². The van der Waals surface area contributed by atoms with Gasteiger partial charge in [-0.1, -0.05) is 26.8 Å². The summed E-state index contributed by atoms with van der Waals surface area (Å²) in [4.78, 5) is 14.4. The van der Waals surface area contributed by atoms with E-state index in [0.717, 1.165) is 19.5 Å². The molecule has 2 rings (SSSR count). The molecule has 1 aliphatic rings. The second-order valence-corrected chi connectivity index (χ2v) is 6.55. The molecule has 1 N–H and O–H groups in total. The second kappa shape index (κ2) is 4.87. The summed E-state index contributed by atoms with van der Waals surface area (Å²) in [6.45, 7) is 10.1. The maximum Gasteiger partial charge on any atom is 0.254 e. The zero-order valence-corrected chi connectivity index (χ0v) is 12.2. The van der Waals surface area contributed by atoms with Gasteiger partial charge in [-0.15, -0.1) is 0 Å². The number of benzene rings is 1. The lowest BCUT2D eigenvalue weighted by Crippen LogP contribution is -2.31. The molecule has 1 aliphatic heterocycles. The predicted molar refractivity (Wildman–Crippen MR) is 76.3 cm³/mol. The lowest BCUT2D eigenvalue weighted by Gasteiger charge is -2.27. The van der Waals surface area contributed by atoms with Crippen molar-refractivity contribution in [2.75, 3.05) is 13.1 Å². The first-order valence-electron chi connectivity index (χ1n) is 6.88. The summed E-state index contributed by atoms with van der Waals surface area (Å²) in [5.41, 5.74) is 1.53. The number of nitrogens with zero attached hydrogens (tertiary/aromatic N) is 1. The number of carbonyl (C=O) groups is 1. The van der Waals surface area contributed by atoms with Crippen molar-refractivity contribution in [1.29, 1.82) is 0 Å². The smallest absolute Gasteiger partial charge is 0.254 e. The van der Waals surface area contributed by atoms with Gasteiger partial charge in [0.15, 0.2) is 0 Å². The van der Waals surface area contributed by atoms with Gasteiger partial charge in [-0.3, -0.25) is 4.79 Å². The lowest BCUT2D eigenvalue weighted by atomic mass is 9.80. The van der Waals surface area contributed by atoms with E-state index < -0.39 is 0 Å². The topological polar surface area (TPSA) is 40.5 Å². The molecule has 1 heterocycles. The number of phenols is 1. The number of amides is 1. The molecule has 3 heteroatoms. The van der Waals surface area contributed by atoms with E-state index >= 15 is 0 Å². The van der Waals surface area contributed by atoms with Crippen LogP contribution in [0.1, 0.15) is 43.1 Å². The average molecular weight is 261 g/mol. The fourth-order valence-electron chi connectivity index (χ4n) is 2.68. The van der Waals surface area contributed by atoms with Gasteiger partial charge in [0.25, 0.3) is 5.91 Å². The Labute approximate surface area is 115 Å². The van der Waals surface area contributed by atoms with Gasteiger partial charge in [0.2, 0.25) is 0 Å². The van der Waals surface area contributed by atoms with Crippen molar-refractivity contribution in [2.24, 2.45) is 11.3 Å². The van der Waals surface area contributed by atoms with E-state index in [1.807, 2.05) is 4.90 Å². The quantitative estimate of drug-likeness (QED) is 0.843. The molecular formula is C16H23NO2. The zero-order valence-electron chi connectivity index (χ0n) is 12.2.